The number of benzene rings is 3. The van der Waals surface area contributed by atoms with Crippen LogP contribution >= 0.6 is 0 Å². The molecule has 0 aliphatic rings. The van der Waals surface area contributed by atoms with Crippen LogP contribution in [0.5, 0.6) is 0 Å². The van der Waals surface area contributed by atoms with Gasteiger partial charge >= 0.3 is 11.9 Å². The predicted octanol–water partition coefficient (Wildman–Crippen LogP) is 3.01. The lowest BCUT2D eigenvalue weighted by Crippen LogP contribution is -2.48. The van der Waals surface area contributed by atoms with Gasteiger partial charge in [0.05, 0.1) is 25.3 Å². The summed E-state index contributed by atoms with van der Waals surface area (Å²) in [5.41, 5.74) is 0.595. The van der Waals surface area contributed by atoms with Crippen LogP contribution in [0.4, 0.5) is 0 Å². The van der Waals surface area contributed by atoms with Gasteiger partial charge in [0, 0.05) is 32.7 Å². The molecule has 222 valence electrons. The van der Waals surface area contributed by atoms with E-state index in [4.69, 9.17) is 10.5 Å². The smallest absolute Gasteiger partial charge is 0.320 e. The molecule has 0 bridgehead atoms. The molecule has 0 saturated carbocycles. The van der Waals surface area contributed by atoms with Crippen LogP contribution in [0.3, 0.4) is 0 Å². The zero-order valence-electron chi connectivity index (χ0n) is 22.8. The van der Waals surface area contributed by atoms with E-state index in [1.165, 1.54) is 4.90 Å². The zero-order chi connectivity index (χ0) is 29.6. The molecule has 0 aliphatic carbocycles. The van der Waals surface area contributed by atoms with Gasteiger partial charge in [0.1, 0.15) is 6.04 Å². The number of unbranched alkanes of at least 4 members (excludes halogenated alkanes) is 1. The lowest BCUT2D eigenvalue weighted by molar-refractivity contribution is -0.251. The first kappa shape index (κ1) is 31.9. The molecule has 0 heterocycles. The molecule has 0 saturated heterocycles. The third-order valence-electron chi connectivity index (χ3n) is 6.95. The minimum atomic E-state index is -1.16. The number of hydrogen-bond donors (Lipinski definition) is 5. The Balaban J connectivity index is 1.60. The number of amides is 1. The lowest BCUT2D eigenvalue weighted by atomic mass is 9.96. The predicted molar refractivity (Wildman–Crippen MR) is 152 cm³/mol. The summed E-state index contributed by atoms with van der Waals surface area (Å²) in [5.74, 6) is -2.50. The van der Waals surface area contributed by atoms with E-state index >= 15 is 0 Å². The number of nitrogens with zero attached hydrogens (tertiary/aromatic N) is 2. The van der Waals surface area contributed by atoms with Gasteiger partial charge in [-0.25, -0.2) is 9.78 Å². The van der Waals surface area contributed by atoms with Crippen LogP contribution in [0.15, 0.2) is 54.6 Å². The first-order valence-electron chi connectivity index (χ1n) is 13.5. The van der Waals surface area contributed by atoms with Crippen LogP contribution in [0.1, 0.15) is 29.6 Å². The number of fused-ring (bicyclic) bond motifs is 2. The molecule has 1 atom stereocenters. The highest BCUT2D eigenvalue weighted by atomic mass is 17.1. The van der Waals surface area contributed by atoms with Crippen molar-refractivity contribution in [1.82, 2.24) is 15.1 Å². The molecule has 3 aromatic carbocycles. The van der Waals surface area contributed by atoms with Gasteiger partial charge < -0.3 is 15.5 Å². The highest BCUT2D eigenvalue weighted by Gasteiger charge is 2.27. The van der Waals surface area contributed by atoms with Gasteiger partial charge in [0.25, 0.3) is 5.91 Å². The first-order valence-corrected chi connectivity index (χ1v) is 13.5. The van der Waals surface area contributed by atoms with E-state index in [1.54, 1.807) is 4.90 Å². The van der Waals surface area contributed by atoms with Crippen molar-refractivity contribution in [3.05, 3.63) is 60.2 Å². The molecule has 0 radical (unpaired) electrons. The number of rotatable bonds is 19. The highest BCUT2D eigenvalue weighted by molar-refractivity contribution is 6.18. The Hall–Kier alpha value is -3.65. The van der Waals surface area contributed by atoms with E-state index in [-0.39, 0.29) is 51.7 Å². The molecular weight excluding hydrogens is 534 g/mol. The maximum atomic E-state index is 13.3. The van der Waals surface area contributed by atoms with Crippen LogP contribution in [0.25, 0.3) is 21.5 Å². The quantitative estimate of drug-likeness (QED) is 0.0620. The second kappa shape index (κ2) is 16.6. The number of carboxylic acids is 2. The maximum absolute atomic E-state index is 13.3. The molecule has 41 heavy (non-hydrogen) atoms. The summed E-state index contributed by atoms with van der Waals surface area (Å²) in [5, 5.41) is 43.1. The first-order chi connectivity index (χ1) is 19.8. The number of carbonyl (C=O) groups excluding carboxylic acids is 1. The third-order valence-corrected chi connectivity index (χ3v) is 6.95. The standard InChI is InChI=1S/C29H37N3O9/c33-26(34)20-32(14-13-31(15-17-40-38)16-18-41-39)25(29(36)37)11-5-6-12-30-28(35)27-23-9-3-1-7-21(23)19-22-8-2-4-10-24(22)27/h1-4,7-10,19,25,38-39H,5-6,11-18,20H2,(H,30,35)(H,33,34)(H,36,37). The van der Waals surface area contributed by atoms with Gasteiger partial charge in [0.15, 0.2) is 0 Å². The topological polar surface area (TPSA) is 169 Å². The molecule has 5 N–H and O–H groups in total. The summed E-state index contributed by atoms with van der Waals surface area (Å²) >= 11 is 0. The minimum Gasteiger partial charge on any atom is -0.480 e. The summed E-state index contributed by atoms with van der Waals surface area (Å²) in [6.45, 7) is 0.735. The molecular formula is C29H37N3O9. The SMILES string of the molecule is O=C(O)CN(CCN(CCOO)CCOO)C(CCCCNC(=O)c1c2ccccc2cc2ccccc12)C(=O)O. The lowest BCUT2D eigenvalue weighted by Gasteiger charge is -2.30. The normalized spacial score (nSPS) is 12.3. The van der Waals surface area contributed by atoms with Gasteiger partial charge in [-0.05, 0) is 46.9 Å². The number of carbonyl (C=O) groups is 3. The Bertz CT molecular complexity index is 1240. The van der Waals surface area contributed by atoms with E-state index in [0.717, 1.165) is 21.5 Å². The molecule has 0 aliphatic heterocycles. The van der Waals surface area contributed by atoms with E-state index in [0.29, 0.717) is 24.9 Å². The Morgan fingerprint density at radius 2 is 1.39 bits per heavy atom. The van der Waals surface area contributed by atoms with Crippen molar-refractivity contribution in [2.45, 2.75) is 25.3 Å². The van der Waals surface area contributed by atoms with Crippen molar-refractivity contribution >= 4 is 39.4 Å². The van der Waals surface area contributed by atoms with E-state index < -0.39 is 24.5 Å². The molecule has 12 nitrogen and oxygen atoms in total. The van der Waals surface area contributed by atoms with Gasteiger partial charge in [-0.1, -0.05) is 48.5 Å². The Labute approximate surface area is 237 Å². The average Bonchev–Trinajstić information content (AvgIpc) is 2.96. The van der Waals surface area contributed by atoms with E-state index in [9.17, 15) is 24.6 Å². The molecule has 0 aromatic heterocycles. The summed E-state index contributed by atoms with van der Waals surface area (Å²) in [7, 11) is 0. The van der Waals surface area contributed by atoms with Crippen molar-refractivity contribution in [3.8, 4) is 0 Å². The van der Waals surface area contributed by atoms with Gasteiger partial charge in [-0.2, -0.15) is 0 Å². The molecule has 0 spiro atoms. The highest BCUT2D eigenvalue weighted by Crippen LogP contribution is 2.28. The Morgan fingerprint density at radius 3 is 1.93 bits per heavy atom. The molecule has 1 unspecified atom stereocenters. The molecule has 12 heteroatoms. The van der Waals surface area contributed by atoms with Crippen LogP contribution in [-0.2, 0) is 19.4 Å². The number of hydrogen-bond acceptors (Lipinski definition) is 9. The maximum Gasteiger partial charge on any atom is 0.320 e. The Morgan fingerprint density at radius 1 is 0.805 bits per heavy atom. The van der Waals surface area contributed by atoms with E-state index in [2.05, 4.69) is 21.2 Å². The summed E-state index contributed by atoms with van der Waals surface area (Å²) < 4.78 is 0. The minimum absolute atomic E-state index is 0.0208. The Kier molecular flexibility index (Phi) is 12.9. The van der Waals surface area contributed by atoms with Crippen molar-refractivity contribution in [2.24, 2.45) is 0 Å². The summed E-state index contributed by atoms with van der Waals surface area (Å²) in [6, 6.07) is 16.4. The van der Waals surface area contributed by atoms with Crippen LogP contribution < -0.4 is 5.32 Å². The van der Waals surface area contributed by atoms with Crippen LogP contribution in [-0.4, -0.2) is 107 Å². The summed E-state index contributed by atoms with van der Waals surface area (Å²) in [6.07, 6.45) is 1.15. The van der Waals surface area contributed by atoms with Crippen LogP contribution in [0.2, 0.25) is 0 Å². The fraction of sp³-hybridized carbons (Fsp3) is 0.414. The van der Waals surface area contributed by atoms with Crippen molar-refractivity contribution in [2.75, 3.05) is 52.5 Å². The van der Waals surface area contributed by atoms with Gasteiger partial charge in [-0.15, -0.1) is 0 Å². The van der Waals surface area contributed by atoms with Crippen LogP contribution in [0, 0.1) is 0 Å². The summed E-state index contributed by atoms with van der Waals surface area (Å²) in [4.78, 5) is 48.2. The fourth-order valence-corrected chi connectivity index (χ4v) is 4.94. The largest absolute Gasteiger partial charge is 0.480 e. The molecule has 3 aromatic rings. The number of nitrogens with one attached hydrogen (secondary N) is 1. The van der Waals surface area contributed by atoms with Gasteiger partial charge in [0.2, 0.25) is 0 Å². The molecule has 3 rings (SSSR count). The van der Waals surface area contributed by atoms with Crippen molar-refractivity contribution < 1.29 is 44.9 Å². The van der Waals surface area contributed by atoms with Crippen molar-refractivity contribution in [1.29, 1.82) is 0 Å². The van der Waals surface area contributed by atoms with Gasteiger partial charge in [-0.3, -0.25) is 34.7 Å². The average molecular weight is 572 g/mol. The van der Waals surface area contributed by atoms with E-state index in [1.807, 2.05) is 48.5 Å². The molecule has 1 amide bonds. The number of carboxylic acid groups (broad SMARTS) is 2. The fourth-order valence-electron chi connectivity index (χ4n) is 4.94. The third kappa shape index (κ3) is 9.46. The number of aliphatic carboxylic acids is 2. The second-order valence-corrected chi connectivity index (χ2v) is 9.67. The molecule has 0 fully saturated rings. The second-order valence-electron chi connectivity index (χ2n) is 9.67. The zero-order valence-corrected chi connectivity index (χ0v) is 22.8. The van der Waals surface area contributed by atoms with Crippen molar-refractivity contribution in [3.63, 3.8) is 0 Å². The monoisotopic (exact) mass is 571 g/mol.